The number of carbonyl (C=O) groups is 2. The zero-order valence-corrected chi connectivity index (χ0v) is 11.9. The molecule has 0 saturated carbocycles. The molecule has 3 rings (SSSR count). The van der Waals surface area contributed by atoms with Gasteiger partial charge >= 0.3 is 5.97 Å². The average molecular weight is 288 g/mol. The van der Waals surface area contributed by atoms with Crippen LogP contribution in [0.5, 0.6) is 0 Å². The van der Waals surface area contributed by atoms with Crippen LogP contribution in [0.3, 0.4) is 0 Å². The fourth-order valence-electron chi connectivity index (χ4n) is 3.26. The summed E-state index contributed by atoms with van der Waals surface area (Å²) in [6.45, 7) is 0.823. The molecule has 1 saturated heterocycles. The molecule has 112 valence electrons. The maximum Gasteiger partial charge on any atom is 0.327 e. The Hall–Kier alpha value is -1.88. The van der Waals surface area contributed by atoms with Crippen LogP contribution in [0.15, 0.2) is 24.3 Å². The van der Waals surface area contributed by atoms with Gasteiger partial charge in [0.05, 0.1) is 6.04 Å². The number of hydrogen-bond acceptors (Lipinski definition) is 3. The molecule has 1 aromatic carbocycles. The Balaban J connectivity index is 1.89. The summed E-state index contributed by atoms with van der Waals surface area (Å²) in [6.07, 6.45) is 4.38. The molecule has 0 spiro atoms. The lowest BCUT2D eigenvalue weighted by Gasteiger charge is -2.27. The molecule has 2 aliphatic heterocycles. The Morgan fingerprint density at radius 1 is 1.19 bits per heavy atom. The summed E-state index contributed by atoms with van der Waals surface area (Å²) in [5.41, 5.74) is 1.69. The van der Waals surface area contributed by atoms with Gasteiger partial charge in [-0.3, -0.25) is 9.69 Å². The molecule has 5 nitrogen and oxygen atoms in total. The highest BCUT2D eigenvalue weighted by molar-refractivity contribution is 6.04. The van der Waals surface area contributed by atoms with Gasteiger partial charge in [-0.15, -0.1) is 0 Å². The fourth-order valence-corrected chi connectivity index (χ4v) is 3.26. The van der Waals surface area contributed by atoms with Gasteiger partial charge in [0.1, 0.15) is 6.04 Å². The number of hydrogen-bond donors (Lipinski definition) is 2. The van der Waals surface area contributed by atoms with Crippen molar-refractivity contribution in [3.63, 3.8) is 0 Å². The summed E-state index contributed by atoms with van der Waals surface area (Å²) in [5, 5.41) is 12.7. The van der Waals surface area contributed by atoms with Crippen LogP contribution in [0.25, 0.3) is 0 Å². The summed E-state index contributed by atoms with van der Waals surface area (Å²) < 4.78 is 0. The monoisotopic (exact) mass is 288 g/mol. The van der Waals surface area contributed by atoms with E-state index in [0.717, 1.165) is 43.5 Å². The van der Waals surface area contributed by atoms with Crippen LogP contribution in [0.1, 0.15) is 31.2 Å². The van der Waals surface area contributed by atoms with E-state index >= 15 is 0 Å². The lowest BCUT2D eigenvalue weighted by Crippen LogP contribution is -2.51. The molecule has 1 fully saturated rings. The number of carbonyl (C=O) groups excluding carboxylic acids is 1. The molecular weight excluding hydrogens is 268 g/mol. The van der Waals surface area contributed by atoms with Crippen molar-refractivity contribution in [1.29, 1.82) is 0 Å². The van der Waals surface area contributed by atoms with Crippen LogP contribution in [0.4, 0.5) is 5.69 Å². The highest BCUT2D eigenvalue weighted by Gasteiger charge is 2.40. The maximum absolute atomic E-state index is 12.8. The number of aliphatic carboxylic acids is 1. The molecule has 1 aromatic rings. The number of nitrogens with one attached hydrogen (secondary N) is 1. The van der Waals surface area contributed by atoms with E-state index in [1.165, 1.54) is 4.90 Å². The quantitative estimate of drug-likeness (QED) is 0.866. The summed E-state index contributed by atoms with van der Waals surface area (Å²) >= 11 is 0. The number of carboxylic acids is 1. The van der Waals surface area contributed by atoms with Gasteiger partial charge in [-0.2, -0.15) is 0 Å². The molecule has 2 heterocycles. The zero-order chi connectivity index (χ0) is 14.8. The third kappa shape index (κ3) is 2.65. The minimum atomic E-state index is -0.937. The predicted octanol–water partition coefficient (Wildman–Crippen LogP) is 1.56. The standard InChI is InChI=1S/C16H20N2O3/c19-15(12-7-2-1-5-9-17-12)18-13-8-4-3-6-11(13)10-14(18)16(20)21/h3-4,6,8,12,14,17H,1-2,5,7,9-10H2,(H,20,21). The Morgan fingerprint density at radius 3 is 2.81 bits per heavy atom. The van der Waals surface area contributed by atoms with E-state index in [2.05, 4.69) is 5.32 Å². The molecule has 5 heteroatoms. The Labute approximate surface area is 123 Å². The molecule has 2 N–H and O–H groups in total. The third-order valence-corrected chi connectivity index (χ3v) is 4.36. The van der Waals surface area contributed by atoms with E-state index in [-0.39, 0.29) is 11.9 Å². The minimum absolute atomic E-state index is 0.103. The summed E-state index contributed by atoms with van der Waals surface area (Å²) in [5.74, 6) is -1.04. The van der Waals surface area contributed by atoms with Gasteiger partial charge in [-0.25, -0.2) is 4.79 Å². The van der Waals surface area contributed by atoms with E-state index in [0.29, 0.717) is 6.42 Å². The van der Waals surface area contributed by atoms with E-state index in [1.807, 2.05) is 24.3 Å². The fraction of sp³-hybridized carbons (Fsp3) is 0.500. The van der Waals surface area contributed by atoms with Gasteiger partial charge in [0.2, 0.25) is 5.91 Å². The number of amides is 1. The highest BCUT2D eigenvalue weighted by Crippen LogP contribution is 2.33. The number of para-hydroxylation sites is 1. The second-order valence-electron chi connectivity index (χ2n) is 5.75. The van der Waals surface area contributed by atoms with Crippen molar-refractivity contribution in [2.75, 3.05) is 11.4 Å². The molecule has 2 aliphatic rings. The molecule has 2 atom stereocenters. The minimum Gasteiger partial charge on any atom is -0.480 e. The molecule has 0 bridgehead atoms. The first kappa shape index (κ1) is 14.1. The lowest BCUT2D eigenvalue weighted by atomic mass is 10.1. The second kappa shape index (κ2) is 5.85. The molecule has 0 aliphatic carbocycles. The number of nitrogens with zero attached hydrogens (tertiary/aromatic N) is 1. The van der Waals surface area contributed by atoms with Crippen molar-refractivity contribution in [3.05, 3.63) is 29.8 Å². The Bertz CT molecular complexity index is 550. The first-order valence-corrected chi connectivity index (χ1v) is 7.55. The van der Waals surface area contributed by atoms with Gasteiger partial charge < -0.3 is 10.4 Å². The van der Waals surface area contributed by atoms with Crippen LogP contribution in [-0.4, -0.2) is 35.6 Å². The average Bonchev–Trinajstić information content (AvgIpc) is 2.67. The van der Waals surface area contributed by atoms with Crippen molar-refractivity contribution in [2.24, 2.45) is 0 Å². The van der Waals surface area contributed by atoms with Crippen LogP contribution in [0, 0.1) is 0 Å². The van der Waals surface area contributed by atoms with Gasteiger partial charge in [-0.1, -0.05) is 31.0 Å². The number of rotatable bonds is 2. The third-order valence-electron chi connectivity index (χ3n) is 4.36. The lowest BCUT2D eigenvalue weighted by molar-refractivity contribution is -0.140. The normalized spacial score (nSPS) is 25.2. The Kier molecular flexibility index (Phi) is 3.92. The molecule has 21 heavy (non-hydrogen) atoms. The predicted molar refractivity (Wildman–Crippen MR) is 79.3 cm³/mol. The van der Waals surface area contributed by atoms with Crippen molar-refractivity contribution >= 4 is 17.6 Å². The van der Waals surface area contributed by atoms with Gasteiger partial charge in [0, 0.05) is 12.1 Å². The number of fused-ring (bicyclic) bond motifs is 1. The number of anilines is 1. The molecule has 0 radical (unpaired) electrons. The topological polar surface area (TPSA) is 69.6 Å². The van der Waals surface area contributed by atoms with Gasteiger partial charge in [0.15, 0.2) is 0 Å². The smallest absolute Gasteiger partial charge is 0.327 e. The first-order valence-electron chi connectivity index (χ1n) is 7.55. The molecule has 2 unspecified atom stereocenters. The van der Waals surface area contributed by atoms with Crippen molar-refractivity contribution in [1.82, 2.24) is 5.32 Å². The summed E-state index contributed by atoms with van der Waals surface area (Å²) in [4.78, 5) is 25.8. The van der Waals surface area contributed by atoms with E-state index in [1.54, 1.807) is 0 Å². The van der Waals surface area contributed by atoms with Crippen molar-refractivity contribution in [2.45, 2.75) is 44.2 Å². The van der Waals surface area contributed by atoms with E-state index in [9.17, 15) is 14.7 Å². The van der Waals surface area contributed by atoms with Crippen LogP contribution >= 0.6 is 0 Å². The molecule has 0 aromatic heterocycles. The van der Waals surface area contributed by atoms with Crippen LogP contribution in [-0.2, 0) is 16.0 Å². The Morgan fingerprint density at radius 2 is 2.00 bits per heavy atom. The van der Waals surface area contributed by atoms with E-state index in [4.69, 9.17) is 0 Å². The first-order chi connectivity index (χ1) is 10.2. The highest BCUT2D eigenvalue weighted by atomic mass is 16.4. The van der Waals surface area contributed by atoms with Crippen molar-refractivity contribution in [3.8, 4) is 0 Å². The SMILES string of the molecule is O=C(O)C1Cc2ccccc2N1C(=O)C1CCCCCN1. The maximum atomic E-state index is 12.8. The van der Waals surface area contributed by atoms with E-state index < -0.39 is 12.0 Å². The van der Waals surface area contributed by atoms with Crippen LogP contribution < -0.4 is 10.2 Å². The number of benzene rings is 1. The second-order valence-corrected chi connectivity index (χ2v) is 5.75. The largest absolute Gasteiger partial charge is 0.480 e. The zero-order valence-electron chi connectivity index (χ0n) is 11.9. The molecular formula is C16H20N2O3. The molecule has 1 amide bonds. The van der Waals surface area contributed by atoms with Gasteiger partial charge in [-0.05, 0) is 31.0 Å². The summed E-state index contributed by atoms with van der Waals surface area (Å²) in [6, 6.07) is 6.44. The van der Waals surface area contributed by atoms with Gasteiger partial charge in [0.25, 0.3) is 0 Å². The van der Waals surface area contributed by atoms with Crippen molar-refractivity contribution < 1.29 is 14.7 Å². The summed E-state index contributed by atoms with van der Waals surface area (Å²) in [7, 11) is 0. The van der Waals surface area contributed by atoms with Crippen LogP contribution in [0.2, 0.25) is 0 Å². The number of carboxylic acid groups (broad SMARTS) is 1.